The van der Waals surface area contributed by atoms with E-state index in [-0.39, 0.29) is 17.4 Å². The number of hydrogen-bond donors (Lipinski definition) is 3. The lowest BCUT2D eigenvalue weighted by molar-refractivity contribution is -0.137. The van der Waals surface area contributed by atoms with Gasteiger partial charge in [-0.25, -0.2) is 4.98 Å². The van der Waals surface area contributed by atoms with Crippen LogP contribution >= 0.6 is 23.1 Å². The maximum atomic E-state index is 11.3. The van der Waals surface area contributed by atoms with E-state index in [0.29, 0.717) is 5.13 Å². The quantitative estimate of drug-likeness (QED) is 0.677. The SMILES string of the molecule is N[C@H](CSCC(=O)Nc1nccs1)C(=O)O. The molecule has 1 amide bonds. The van der Waals surface area contributed by atoms with Gasteiger partial charge < -0.3 is 16.2 Å². The maximum Gasteiger partial charge on any atom is 0.321 e. The molecule has 0 fully saturated rings. The van der Waals surface area contributed by atoms with Crippen molar-refractivity contribution in [3.05, 3.63) is 11.6 Å². The molecule has 1 aromatic rings. The fourth-order valence-electron chi connectivity index (χ4n) is 0.790. The molecule has 8 heteroatoms. The Kier molecular flexibility index (Phi) is 5.23. The van der Waals surface area contributed by atoms with E-state index < -0.39 is 12.0 Å². The van der Waals surface area contributed by atoms with Crippen LogP contribution in [0.1, 0.15) is 0 Å². The van der Waals surface area contributed by atoms with Gasteiger partial charge in [-0.1, -0.05) is 0 Å². The van der Waals surface area contributed by atoms with Crippen molar-refractivity contribution in [3.63, 3.8) is 0 Å². The number of amides is 1. The van der Waals surface area contributed by atoms with Crippen molar-refractivity contribution >= 4 is 40.1 Å². The van der Waals surface area contributed by atoms with Crippen molar-refractivity contribution in [2.75, 3.05) is 16.8 Å². The Labute approximate surface area is 100 Å². The topological polar surface area (TPSA) is 105 Å². The molecule has 1 rings (SSSR count). The van der Waals surface area contributed by atoms with E-state index in [2.05, 4.69) is 10.3 Å². The number of thiazole rings is 1. The zero-order valence-corrected chi connectivity index (χ0v) is 9.88. The van der Waals surface area contributed by atoms with Crippen LogP contribution in [-0.2, 0) is 9.59 Å². The van der Waals surface area contributed by atoms with Crippen LogP contribution in [0.5, 0.6) is 0 Å². The van der Waals surface area contributed by atoms with Gasteiger partial charge in [0, 0.05) is 17.3 Å². The van der Waals surface area contributed by atoms with Crippen molar-refractivity contribution in [3.8, 4) is 0 Å². The van der Waals surface area contributed by atoms with Crippen LogP contribution < -0.4 is 11.1 Å². The third kappa shape index (κ3) is 4.60. The highest BCUT2D eigenvalue weighted by Crippen LogP contribution is 2.11. The molecule has 0 spiro atoms. The Morgan fingerprint density at radius 2 is 2.44 bits per heavy atom. The number of thioether (sulfide) groups is 1. The summed E-state index contributed by atoms with van der Waals surface area (Å²) >= 11 is 2.50. The van der Waals surface area contributed by atoms with Gasteiger partial charge in [0.25, 0.3) is 0 Å². The van der Waals surface area contributed by atoms with Crippen molar-refractivity contribution in [2.24, 2.45) is 5.73 Å². The van der Waals surface area contributed by atoms with Crippen LogP contribution in [0.25, 0.3) is 0 Å². The standard InChI is InChI=1S/C8H11N3O3S2/c9-5(7(13)14)3-15-4-6(12)11-8-10-1-2-16-8/h1-2,5H,3-4,9H2,(H,13,14)(H,10,11,12)/t5-/m1/s1. The van der Waals surface area contributed by atoms with E-state index in [1.54, 1.807) is 11.6 Å². The Balaban J connectivity index is 2.18. The lowest BCUT2D eigenvalue weighted by atomic mass is 10.4. The zero-order valence-electron chi connectivity index (χ0n) is 8.25. The van der Waals surface area contributed by atoms with Crippen LogP contribution in [0, 0.1) is 0 Å². The number of carboxylic acid groups (broad SMARTS) is 1. The third-order valence-electron chi connectivity index (χ3n) is 1.53. The Bertz CT molecular complexity index is 355. The van der Waals surface area contributed by atoms with E-state index in [4.69, 9.17) is 10.8 Å². The monoisotopic (exact) mass is 261 g/mol. The molecule has 0 aliphatic rings. The van der Waals surface area contributed by atoms with Gasteiger partial charge in [-0.05, 0) is 0 Å². The van der Waals surface area contributed by atoms with Gasteiger partial charge >= 0.3 is 5.97 Å². The van der Waals surface area contributed by atoms with Gasteiger partial charge in [-0.3, -0.25) is 9.59 Å². The first-order valence-corrected chi connectivity index (χ1v) is 6.38. The lowest BCUT2D eigenvalue weighted by Crippen LogP contribution is -2.33. The predicted molar refractivity (Wildman–Crippen MR) is 63.7 cm³/mol. The molecule has 1 heterocycles. The Hall–Kier alpha value is -1.12. The molecule has 1 atom stereocenters. The normalized spacial score (nSPS) is 12.1. The number of anilines is 1. The third-order valence-corrected chi connectivity index (χ3v) is 3.28. The minimum atomic E-state index is -1.06. The minimum Gasteiger partial charge on any atom is -0.480 e. The first kappa shape index (κ1) is 12.9. The van der Waals surface area contributed by atoms with Crippen molar-refractivity contribution < 1.29 is 14.7 Å². The summed E-state index contributed by atoms with van der Waals surface area (Å²) in [7, 11) is 0. The van der Waals surface area contributed by atoms with Gasteiger partial charge in [0.2, 0.25) is 5.91 Å². The first-order chi connectivity index (χ1) is 7.59. The first-order valence-electron chi connectivity index (χ1n) is 4.35. The number of carbonyl (C=O) groups excluding carboxylic acids is 1. The van der Waals surface area contributed by atoms with E-state index in [0.717, 1.165) is 0 Å². The highest BCUT2D eigenvalue weighted by molar-refractivity contribution is 8.00. The molecule has 88 valence electrons. The number of hydrogen-bond acceptors (Lipinski definition) is 6. The van der Waals surface area contributed by atoms with Crippen molar-refractivity contribution in [1.82, 2.24) is 4.98 Å². The molecule has 6 nitrogen and oxygen atoms in total. The Morgan fingerprint density at radius 3 is 3.00 bits per heavy atom. The molecular weight excluding hydrogens is 250 g/mol. The van der Waals surface area contributed by atoms with Crippen LogP contribution in [0.2, 0.25) is 0 Å². The number of rotatable bonds is 6. The summed E-state index contributed by atoms with van der Waals surface area (Å²) < 4.78 is 0. The summed E-state index contributed by atoms with van der Waals surface area (Å²) in [6, 6.07) is -0.933. The molecule has 0 aliphatic carbocycles. The molecule has 0 bridgehead atoms. The second-order valence-electron chi connectivity index (χ2n) is 2.85. The number of aliphatic carboxylic acids is 1. The molecule has 0 saturated heterocycles. The maximum absolute atomic E-state index is 11.3. The highest BCUT2D eigenvalue weighted by Gasteiger charge is 2.12. The number of aromatic nitrogens is 1. The summed E-state index contributed by atoms with van der Waals surface area (Å²) in [6.45, 7) is 0. The van der Waals surface area contributed by atoms with Crippen LogP contribution in [0.3, 0.4) is 0 Å². The predicted octanol–water partition coefficient (Wildman–Crippen LogP) is 0.227. The molecule has 0 radical (unpaired) electrons. The molecular formula is C8H11N3O3S2. The summed E-state index contributed by atoms with van der Waals surface area (Å²) in [5.74, 6) is -0.897. The molecule has 0 unspecified atom stereocenters. The smallest absolute Gasteiger partial charge is 0.321 e. The number of nitrogens with one attached hydrogen (secondary N) is 1. The minimum absolute atomic E-state index is 0.167. The summed E-state index contributed by atoms with van der Waals surface area (Å²) in [6.07, 6.45) is 1.59. The Morgan fingerprint density at radius 1 is 1.69 bits per heavy atom. The lowest BCUT2D eigenvalue weighted by Gasteiger charge is -2.05. The van der Waals surface area contributed by atoms with Gasteiger partial charge in [-0.2, -0.15) is 0 Å². The van der Waals surface area contributed by atoms with Gasteiger partial charge in [-0.15, -0.1) is 23.1 Å². The zero-order chi connectivity index (χ0) is 12.0. The van der Waals surface area contributed by atoms with Crippen molar-refractivity contribution in [1.29, 1.82) is 0 Å². The summed E-state index contributed by atoms with van der Waals surface area (Å²) in [5, 5.41) is 13.4. The number of nitrogens with zero attached hydrogens (tertiary/aromatic N) is 1. The molecule has 4 N–H and O–H groups in total. The number of nitrogens with two attached hydrogens (primary N) is 1. The molecule has 1 aromatic heterocycles. The molecule has 0 aliphatic heterocycles. The van der Waals surface area contributed by atoms with Crippen LogP contribution in [-0.4, -0.2) is 39.5 Å². The van der Waals surface area contributed by atoms with Gasteiger partial charge in [0.05, 0.1) is 5.75 Å². The van der Waals surface area contributed by atoms with E-state index in [1.165, 1.54) is 23.1 Å². The van der Waals surface area contributed by atoms with Gasteiger partial charge in [0.15, 0.2) is 5.13 Å². The fraction of sp³-hybridized carbons (Fsp3) is 0.375. The van der Waals surface area contributed by atoms with Gasteiger partial charge in [0.1, 0.15) is 6.04 Å². The summed E-state index contributed by atoms with van der Waals surface area (Å²) in [5.41, 5.74) is 5.28. The summed E-state index contributed by atoms with van der Waals surface area (Å²) in [4.78, 5) is 25.6. The van der Waals surface area contributed by atoms with E-state index >= 15 is 0 Å². The average molecular weight is 261 g/mol. The highest BCUT2D eigenvalue weighted by atomic mass is 32.2. The second kappa shape index (κ2) is 6.46. The van der Waals surface area contributed by atoms with Crippen LogP contribution in [0.4, 0.5) is 5.13 Å². The van der Waals surface area contributed by atoms with Crippen molar-refractivity contribution in [2.45, 2.75) is 6.04 Å². The molecule has 0 saturated carbocycles. The van der Waals surface area contributed by atoms with E-state index in [9.17, 15) is 9.59 Å². The van der Waals surface area contributed by atoms with Crippen LogP contribution in [0.15, 0.2) is 11.6 Å². The average Bonchev–Trinajstić information content (AvgIpc) is 2.70. The number of carbonyl (C=O) groups is 2. The molecule has 0 aromatic carbocycles. The second-order valence-corrected chi connectivity index (χ2v) is 4.77. The van der Waals surface area contributed by atoms with E-state index in [1.807, 2.05) is 0 Å². The number of carboxylic acids is 1. The fourth-order valence-corrected chi connectivity index (χ4v) is 2.11. The molecule has 16 heavy (non-hydrogen) atoms. The largest absolute Gasteiger partial charge is 0.480 e.